The van der Waals surface area contributed by atoms with Crippen LogP contribution in [0.3, 0.4) is 0 Å². The molecule has 22 heavy (non-hydrogen) atoms. The van der Waals surface area contributed by atoms with Crippen LogP contribution in [0.5, 0.6) is 0 Å². The predicted octanol–water partition coefficient (Wildman–Crippen LogP) is 1.66. The fraction of sp³-hybridized carbons (Fsp3) is 0.312. The number of hydrogen-bond acceptors (Lipinski definition) is 3. The van der Waals surface area contributed by atoms with E-state index in [0.717, 1.165) is 12.8 Å². The molecular formula is C16H16N2O4. The second-order valence-corrected chi connectivity index (χ2v) is 5.65. The number of carbonyl (C=O) groups is 2. The first-order valence-electron chi connectivity index (χ1n) is 7.20. The molecule has 114 valence electrons. The Morgan fingerprint density at radius 3 is 2.55 bits per heavy atom. The highest BCUT2D eigenvalue weighted by atomic mass is 16.4. The largest absolute Gasteiger partial charge is 0.480 e. The summed E-state index contributed by atoms with van der Waals surface area (Å²) in [6, 6.07) is 8.50. The highest BCUT2D eigenvalue weighted by Gasteiger charge is 2.42. The van der Waals surface area contributed by atoms with Crippen LogP contribution in [-0.4, -0.2) is 27.5 Å². The second kappa shape index (κ2) is 5.29. The molecule has 1 aliphatic rings. The van der Waals surface area contributed by atoms with E-state index in [1.807, 2.05) is 0 Å². The van der Waals surface area contributed by atoms with E-state index >= 15 is 0 Å². The number of carboxylic acids is 1. The van der Waals surface area contributed by atoms with Gasteiger partial charge in [-0.2, -0.15) is 0 Å². The van der Waals surface area contributed by atoms with Gasteiger partial charge in [0.15, 0.2) is 0 Å². The standard InChI is InChI=1S/C16H16N2O4/c19-13-11-6-2-1-5-10(11)9-12(17-13)14(20)18-16(15(21)22)7-3-4-8-16/h1-2,5-6,9H,3-4,7-8H2,(H,17,19)(H,18,20)(H,21,22). The van der Waals surface area contributed by atoms with Crippen LogP contribution in [0.4, 0.5) is 0 Å². The third-order valence-corrected chi connectivity index (χ3v) is 4.22. The molecule has 1 heterocycles. The van der Waals surface area contributed by atoms with E-state index in [1.54, 1.807) is 30.3 Å². The van der Waals surface area contributed by atoms with Gasteiger partial charge in [-0.15, -0.1) is 0 Å². The number of fused-ring (bicyclic) bond motifs is 1. The number of aromatic amines is 1. The summed E-state index contributed by atoms with van der Waals surface area (Å²) in [5.41, 5.74) is -1.50. The fourth-order valence-corrected chi connectivity index (χ4v) is 2.99. The van der Waals surface area contributed by atoms with Crippen LogP contribution in [0.25, 0.3) is 10.8 Å². The van der Waals surface area contributed by atoms with E-state index in [1.165, 1.54) is 0 Å². The zero-order chi connectivity index (χ0) is 15.7. The molecule has 6 nitrogen and oxygen atoms in total. The zero-order valence-corrected chi connectivity index (χ0v) is 11.9. The van der Waals surface area contributed by atoms with E-state index in [9.17, 15) is 19.5 Å². The van der Waals surface area contributed by atoms with Crippen molar-refractivity contribution < 1.29 is 14.7 Å². The third-order valence-electron chi connectivity index (χ3n) is 4.22. The molecule has 1 aromatic heterocycles. The van der Waals surface area contributed by atoms with Crippen molar-refractivity contribution in [2.24, 2.45) is 0 Å². The van der Waals surface area contributed by atoms with Crippen molar-refractivity contribution in [3.05, 3.63) is 46.4 Å². The number of hydrogen-bond donors (Lipinski definition) is 3. The Hall–Kier alpha value is -2.63. The number of H-pyrrole nitrogens is 1. The molecule has 0 bridgehead atoms. The van der Waals surface area contributed by atoms with Gasteiger partial charge in [0.1, 0.15) is 11.2 Å². The van der Waals surface area contributed by atoms with Crippen LogP contribution in [0.1, 0.15) is 36.2 Å². The molecule has 6 heteroatoms. The Bertz CT molecular complexity index is 803. The van der Waals surface area contributed by atoms with Crippen molar-refractivity contribution in [2.45, 2.75) is 31.2 Å². The molecular weight excluding hydrogens is 284 g/mol. The van der Waals surface area contributed by atoms with Gasteiger partial charge in [-0.05, 0) is 30.4 Å². The minimum absolute atomic E-state index is 0.0798. The summed E-state index contributed by atoms with van der Waals surface area (Å²) in [4.78, 5) is 38.4. The van der Waals surface area contributed by atoms with Crippen LogP contribution < -0.4 is 10.9 Å². The average molecular weight is 300 g/mol. The number of nitrogens with one attached hydrogen (secondary N) is 2. The molecule has 0 spiro atoms. The summed E-state index contributed by atoms with van der Waals surface area (Å²) < 4.78 is 0. The number of aliphatic carboxylic acids is 1. The molecule has 1 fully saturated rings. The van der Waals surface area contributed by atoms with Crippen LogP contribution in [-0.2, 0) is 4.79 Å². The third kappa shape index (κ3) is 2.36. The zero-order valence-electron chi connectivity index (χ0n) is 11.9. The van der Waals surface area contributed by atoms with Gasteiger partial charge in [0.25, 0.3) is 11.5 Å². The van der Waals surface area contributed by atoms with Gasteiger partial charge in [0, 0.05) is 5.39 Å². The number of carbonyl (C=O) groups excluding carboxylic acids is 1. The molecule has 3 N–H and O–H groups in total. The maximum atomic E-state index is 12.4. The molecule has 0 aliphatic heterocycles. The van der Waals surface area contributed by atoms with Gasteiger partial charge in [-0.25, -0.2) is 4.79 Å². The highest BCUT2D eigenvalue weighted by molar-refractivity contribution is 5.99. The van der Waals surface area contributed by atoms with Crippen molar-refractivity contribution in [3.8, 4) is 0 Å². The molecule has 3 rings (SSSR count). The van der Waals surface area contributed by atoms with Crippen molar-refractivity contribution >= 4 is 22.6 Å². The predicted molar refractivity (Wildman–Crippen MR) is 80.9 cm³/mol. The lowest BCUT2D eigenvalue weighted by atomic mass is 9.97. The molecule has 0 unspecified atom stereocenters. The summed E-state index contributed by atoms with van der Waals surface area (Å²) >= 11 is 0. The molecule has 0 radical (unpaired) electrons. The minimum atomic E-state index is -1.22. The average Bonchev–Trinajstić information content (AvgIpc) is 2.97. The van der Waals surface area contributed by atoms with Crippen molar-refractivity contribution in [1.29, 1.82) is 0 Å². The van der Waals surface area contributed by atoms with Crippen LogP contribution >= 0.6 is 0 Å². The van der Waals surface area contributed by atoms with Gasteiger partial charge in [-0.3, -0.25) is 9.59 Å². The lowest BCUT2D eigenvalue weighted by Crippen LogP contribution is -2.52. The van der Waals surface area contributed by atoms with E-state index < -0.39 is 17.4 Å². The number of carboxylic acid groups (broad SMARTS) is 1. The number of rotatable bonds is 3. The SMILES string of the molecule is O=C(NC1(C(=O)O)CCCC1)c1cc2ccccc2c(=O)[nH]1. The quantitative estimate of drug-likeness (QED) is 0.802. The molecule has 1 saturated carbocycles. The monoisotopic (exact) mass is 300 g/mol. The summed E-state index contributed by atoms with van der Waals surface area (Å²) in [5, 5.41) is 13.1. The molecule has 1 aromatic carbocycles. The molecule has 0 saturated heterocycles. The molecule has 1 aliphatic carbocycles. The lowest BCUT2D eigenvalue weighted by Gasteiger charge is -2.25. The van der Waals surface area contributed by atoms with Crippen molar-refractivity contribution in [1.82, 2.24) is 10.3 Å². The molecule has 1 amide bonds. The normalized spacial score (nSPS) is 16.5. The Kier molecular flexibility index (Phi) is 3.44. The van der Waals surface area contributed by atoms with Crippen LogP contribution in [0.2, 0.25) is 0 Å². The van der Waals surface area contributed by atoms with Gasteiger partial charge >= 0.3 is 5.97 Å². The van der Waals surface area contributed by atoms with Crippen molar-refractivity contribution in [3.63, 3.8) is 0 Å². The maximum absolute atomic E-state index is 12.4. The fourth-order valence-electron chi connectivity index (χ4n) is 2.99. The number of benzene rings is 1. The number of aromatic nitrogens is 1. The number of pyridine rings is 1. The molecule has 0 atom stereocenters. The Balaban J connectivity index is 1.95. The minimum Gasteiger partial charge on any atom is -0.480 e. The Morgan fingerprint density at radius 2 is 1.86 bits per heavy atom. The summed E-state index contributed by atoms with van der Waals surface area (Å²) in [6.07, 6.45) is 2.35. The number of amides is 1. The Morgan fingerprint density at radius 1 is 1.18 bits per heavy atom. The van der Waals surface area contributed by atoms with Gasteiger partial charge in [-0.1, -0.05) is 31.0 Å². The van der Waals surface area contributed by atoms with E-state index in [4.69, 9.17) is 0 Å². The topological polar surface area (TPSA) is 99.3 Å². The highest BCUT2D eigenvalue weighted by Crippen LogP contribution is 2.30. The first-order chi connectivity index (χ1) is 10.5. The Labute approximate surface area is 126 Å². The molecule has 2 aromatic rings. The van der Waals surface area contributed by atoms with E-state index in [0.29, 0.717) is 23.6 Å². The first kappa shape index (κ1) is 14.3. The summed E-state index contributed by atoms with van der Waals surface area (Å²) in [6.45, 7) is 0. The van der Waals surface area contributed by atoms with Gasteiger partial charge in [0.2, 0.25) is 0 Å². The van der Waals surface area contributed by atoms with Crippen molar-refractivity contribution in [2.75, 3.05) is 0 Å². The van der Waals surface area contributed by atoms with Gasteiger partial charge < -0.3 is 15.4 Å². The maximum Gasteiger partial charge on any atom is 0.329 e. The van der Waals surface area contributed by atoms with Gasteiger partial charge in [0.05, 0.1) is 0 Å². The lowest BCUT2D eigenvalue weighted by molar-refractivity contribution is -0.144. The van der Waals surface area contributed by atoms with Crippen LogP contribution in [0.15, 0.2) is 35.1 Å². The first-order valence-corrected chi connectivity index (χ1v) is 7.20. The summed E-state index contributed by atoms with van der Waals surface area (Å²) in [7, 11) is 0. The smallest absolute Gasteiger partial charge is 0.329 e. The van der Waals surface area contributed by atoms with E-state index in [2.05, 4.69) is 10.3 Å². The van der Waals surface area contributed by atoms with Crippen LogP contribution in [0, 0.1) is 0 Å². The second-order valence-electron chi connectivity index (χ2n) is 5.65. The van der Waals surface area contributed by atoms with E-state index in [-0.39, 0.29) is 11.3 Å². The summed E-state index contributed by atoms with van der Waals surface area (Å²) in [5.74, 6) is -1.59.